The summed E-state index contributed by atoms with van der Waals surface area (Å²) < 4.78 is 2.10. The van der Waals surface area contributed by atoms with Crippen LogP contribution in [0.1, 0.15) is 12.5 Å². The van der Waals surface area contributed by atoms with Crippen molar-refractivity contribution in [3.63, 3.8) is 0 Å². The standard InChI is InChI=1S/C16H15Br2N3/c1-16(11-3-2-4-13(18)9-11)10-20-15(19)21(16)14-7-5-12(17)6-8-14/h2-9H,10H2,1H3,(H2,19,20). The van der Waals surface area contributed by atoms with Crippen LogP contribution in [-0.2, 0) is 5.54 Å². The average Bonchev–Trinajstić information content (AvgIpc) is 2.77. The van der Waals surface area contributed by atoms with Crippen LogP contribution in [0, 0.1) is 0 Å². The molecule has 108 valence electrons. The highest BCUT2D eigenvalue weighted by atomic mass is 79.9. The topological polar surface area (TPSA) is 41.6 Å². The van der Waals surface area contributed by atoms with Gasteiger partial charge in [-0.1, -0.05) is 44.0 Å². The maximum Gasteiger partial charge on any atom is 0.196 e. The molecule has 3 rings (SSSR count). The lowest BCUT2D eigenvalue weighted by atomic mass is 9.90. The number of nitrogens with two attached hydrogens (primary N) is 1. The number of anilines is 1. The Kier molecular flexibility index (Phi) is 3.80. The van der Waals surface area contributed by atoms with E-state index in [4.69, 9.17) is 5.73 Å². The van der Waals surface area contributed by atoms with Gasteiger partial charge in [0.15, 0.2) is 5.96 Å². The van der Waals surface area contributed by atoms with Crippen LogP contribution in [0.5, 0.6) is 0 Å². The fourth-order valence-corrected chi connectivity index (χ4v) is 3.34. The Morgan fingerprint density at radius 2 is 1.81 bits per heavy atom. The first-order chi connectivity index (χ1) is 10.0. The molecule has 21 heavy (non-hydrogen) atoms. The SMILES string of the molecule is CC1(c2cccc(Br)c2)CN=C(N)N1c1ccc(Br)cc1. The van der Waals surface area contributed by atoms with Crippen LogP contribution in [0.3, 0.4) is 0 Å². The minimum atomic E-state index is -0.276. The third-order valence-electron chi connectivity index (χ3n) is 3.80. The zero-order valence-electron chi connectivity index (χ0n) is 11.6. The predicted molar refractivity (Wildman–Crippen MR) is 94.6 cm³/mol. The zero-order chi connectivity index (χ0) is 15.0. The van der Waals surface area contributed by atoms with E-state index < -0.39 is 0 Å². The molecule has 0 amide bonds. The first-order valence-electron chi connectivity index (χ1n) is 6.62. The van der Waals surface area contributed by atoms with Gasteiger partial charge in [-0.05, 0) is 48.9 Å². The van der Waals surface area contributed by atoms with Gasteiger partial charge in [-0.15, -0.1) is 0 Å². The van der Waals surface area contributed by atoms with Crippen molar-refractivity contribution >= 4 is 43.5 Å². The zero-order valence-corrected chi connectivity index (χ0v) is 14.7. The van der Waals surface area contributed by atoms with E-state index >= 15 is 0 Å². The number of benzene rings is 2. The molecule has 0 fully saturated rings. The van der Waals surface area contributed by atoms with Gasteiger partial charge >= 0.3 is 0 Å². The normalized spacial score (nSPS) is 21.5. The lowest BCUT2D eigenvalue weighted by Crippen LogP contribution is -2.47. The molecule has 0 radical (unpaired) electrons. The second kappa shape index (κ2) is 5.46. The molecule has 5 heteroatoms. The van der Waals surface area contributed by atoms with E-state index in [2.05, 4.69) is 60.8 Å². The lowest BCUT2D eigenvalue weighted by Gasteiger charge is -2.36. The van der Waals surface area contributed by atoms with Gasteiger partial charge in [0.25, 0.3) is 0 Å². The van der Waals surface area contributed by atoms with Gasteiger partial charge in [0.05, 0.1) is 12.1 Å². The summed E-state index contributed by atoms with van der Waals surface area (Å²) in [5.41, 5.74) is 8.10. The first-order valence-corrected chi connectivity index (χ1v) is 8.21. The van der Waals surface area contributed by atoms with E-state index in [1.807, 2.05) is 36.4 Å². The number of halogens is 2. The van der Waals surface area contributed by atoms with Crippen molar-refractivity contribution in [1.29, 1.82) is 0 Å². The molecular formula is C16H15Br2N3. The van der Waals surface area contributed by atoms with Crippen molar-refractivity contribution < 1.29 is 0 Å². The van der Waals surface area contributed by atoms with E-state index in [-0.39, 0.29) is 5.54 Å². The summed E-state index contributed by atoms with van der Waals surface area (Å²) >= 11 is 7.01. The summed E-state index contributed by atoms with van der Waals surface area (Å²) in [6.45, 7) is 2.81. The summed E-state index contributed by atoms with van der Waals surface area (Å²) in [7, 11) is 0. The van der Waals surface area contributed by atoms with Crippen LogP contribution in [0.25, 0.3) is 0 Å². The third-order valence-corrected chi connectivity index (χ3v) is 4.82. The van der Waals surface area contributed by atoms with Crippen molar-refractivity contribution in [2.45, 2.75) is 12.5 Å². The Hall–Kier alpha value is -1.33. The van der Waals surface area contributed by atoms with E-state index in [0.717, 1.165) is 14.6 Å². The monoisotopic (exact) mass is 407 g/mol. The lowest BCUT2D eigenvalue weighted by molar-refractivity contribution is 0.532. The second-order valence-corrected chi connectivity index (χ2v) is 7.10. The van der Waals surface area contributed by atoms with Crippen molar-refractivity contribution in [2.24, 2.45) is 10.7 Å². The number of rotatable bonds is 2. The summed E-state index contributed by atoms with van der Waals surface area (Å²) in [5, 5.41) is 0. The van der Waals surface area contributed by atoms with Crippen LogP contribution in [0.15, 0.2) is 62.5 Å². The summed E-state index contributed by atoms with van der Waals surface area (Å²) in [6.07, 6.45) is 0. The first kappa shape index (κ1) is 14.6. The minimum Gasteiger partial charge on any atom is -0.369 e. The molecule has 0 bridgehead atoms. The van der Waals surface area contributed by atoms with E-state index in [1.54, 1.807) is 0 Å². The van der Waals surface area contributed by atoms with Crippen molar-refractivity contribution in [3.05, 3.63) is 63.0 Å². The van der Waals surface area contributed by atoms with Crippen LogP contribution < -0.4 is 10.6 Å². The molecule has 0 spiro atoms. The molecular weight excluding hydrogens is 394 g/mol. The smallest absolute Gasteiger partial charge is 0.196 e. The highest BCUT2D eigenvalue weighted by Gasteiger charge is 2.40. The number of guanidine groups is 1. The van der Waals surface area contributed by atoms with E-state index in [9.17, 15) is 0 Å². The fourth-order valence-electron chi connectivity index (χ4n) is 2.68. The molecule has 1 aliphatic rings. The van der Waals surface area contributed by atoms with Crippen molar-refractivity contribution in [2.75, 3.05) is 11.4 Å². The van der Waals surface area contributed by atoms with E-state index in [1.165, 1.54) is 5.56 Å². The molecule has 0 aromatic heterocycles. The maximum absolute atomic E-state index is 6.15. The van der Waals surface area contributed by atoms with Gasteiger partial charge in [0.1, 0.15) is 0 Å². The summed E-state index contributed by atoms with van der Waals surface area (Å²) in [6, 6.07) is 16.4. The predicted octanol–water partition coefficient (Wildman–Crippen LogP) is 4.26. The van der Waals surface area contributed by atoms with Gasteiger partial charge in [-0.25, -0.2) is 0 Å². The molecule has 1 atom stereocenters. The Bertz CT molecular complexity index is 697. The molecule has 2 N–H and O–H groups in total. The number of hydrogen-bond donors (Lipinski definition) is 1. The summed E-state index contributed by atoms with van der Waals surface area (Å²) in [5.74, 6) is 0.555. The van der Waals surface area contributed by atoms with Crippen LogP contribution in [0.2, 0.25) is 0 Å². The van der Waals surface area contributed by atoms with Gasteiger partial charge in [-0.2, -0.15) is 0 Å². The molecule has 2 aromatic rings. The maximum atomic E-state index is 6.15. The third kappa shape index (κ3) is 2.60. The van der Waals surface area contributed by atoms with Gasteiger partial charge in [0.2, 0.25) is 0 Å². The van der Waals surface area contributed by atoms with E-state index in [0.29, 0.717) is 12.5 Å². The Balaban J connectivity index is 2.07. The van der Waals surface area contributed by atoms with Crippen LogP contribution in [0.4, 0.5) is 5.69 Å². The van der Waals surface area contributed by atoms with Crippen LogP contribution in [-0.4, -0.2) is 12.5 Å². The van der Waals surface area contributed by atoms with Crippen LogP contribution >= 0.6 is 31.9 Å². The minimum absolute atomic E-state index is 0.276. The van der Waals surface area contributed by atoms with Gasteiger partial charge in [0, 0.05) is 14.6 Å². The molecule has 2 aromatic carbocycles. The Morgan fingerprint density at radius 1 is 1.10 bits per heavy atom. The molecule has 1 unspecified atom stereocenters. The largest absolute Gasteiger partial charge is 0.369 e. The Labute approximate surface area is 141 Å². The molecule has 0 aliphatic carbocycles. The molecule has 1 aliphatic heterocycles. The number of hydrogen-bond acceptors (Lipinski definition) is 3. The summed E-state index contributed by atoms with van der Waals surface area (Å²) in [4.78, 5) is 6.57. The Morgan fingerprint density at radius 3 is 2.48 bits per heavy atom. The molecule has 1 heterocycles. The highest BCUT2D eigenvalue weighted by molar-refractivity contribution is 9.10. The quantitative estimate of drug-likeness (QED) is 0.806. The highest BCUT2D eigenvalue weighted by Crippen LogP contribution is 2.37. The molecule has 3 nitrogen and oxygen atoms in total. The number of aliphatic imine (C=N–C) groups is 1. The van der Waals surface area contributed by atoms with Gasteiger partial charge < -0.3 is 10.6 Å². The number of nitrogens with zero attached hydrogens (tertiary/aromatic N) is 2. The molecule has 0 saturated heterocycles. The van der Waals surface area contributed by atoms with Crippen molar-refractivity contribution in [1.82, 2.24) is 0 Å². The average molecular weight is 409 g/mol. The van der Waals surface area contributed by atoms with Gasteiger partial charge in [-0.3, -0.25) is 4.99 Å². The fraction of sp³-hybridized carbons (Fsp3) is 0.188. The second-order valence-electron chi connectivity index (χ2n) is 5.27. The molecule has 0 saturated carbocycles. The van der Waals surface area contributed by atoms with Crippen molar-refractivity contribution in [3.8, 4) is 0 Å².